The van der Waals surface area contributed by atoms with Gasteiger partial charge in [-0.15, -0.1) is 0 Å². The average Bonchev–Trinajstić information content (AvgIpc) is 2.25. The van der Waals surface area contributed by atoms with Gasteiger partial charge in [0.15, 0.2) is 0 Å². The van der Waals surface area contributed by atoms with Gasteiger partial charge in [0.2, 0.25) is 5.91 Å². The van der Waals surface area contributed by atoms with Crippen LogP contribution in [-0.2, 0) is 10.3 Å². The van der Waals surface area contributed by atoms with Crippen molar-refractivity contribution in [3.63, 3.8) is 0 Å². The second-order valence-electron chi connectivity index (χ2n) is 4.04. The fourth-order valence-electron chi connectivity index (χ4n) is 1.59. The lowest BCUT2D eigenvalue weighted by atomic mass is 9.90. The Morgan fingerprint density at radius 2 is 2.24 bits per heavy atom. The summed E-state index contributed by atoms with van der Waals surface area (Å²) in [6, 6.07) is 4.57. The van der Waals surface area contributed by atoms with Gasteiger partial charge in [0, 0.05) is 10.0 Å². The molecular formula is C12H16BrFN2O. The Labute approximate surface area is 109 Å². The summed E-state index contributed by atoms with van der Waals surface area (Å²) in [6.45, 7) is 4.15. The normalized spacial score (nSPS) is 14.4. The largest absolute Gasteiger partial charge is 0.368 e. The first-order chi connectivity index (χ1) is 7.91. The predicted octanol–water partition coefficient (Wildman–Crippen LogP) is 2.29. The van der Waals surface area contributed by atoms with Gasteiger partial charge in [-0.25, -0.2) is 4.39 Å². The number of rotatable bonds is 5. The van der Waals surface area contributed by atoms with E-state index >= 15 is 0 Å². The van der Waals surface area contributed by atoms with Gasteiger partial charge < -0.3 is 5.73 Å². The summed E-state index contributed by atoms with van der Waals surface area (Å²) in [7, 11) is 0. The Bertz CT molecular complexity index is 425. The Morgan fingerprint density at radius 3 is 2.71 bits per heavy atom. The number of halogens is 2. The molecule has 0 spiro atoms. The van der Waals surface area contributed by atoms with Gasteiger partial charge >= 0.3 is 0 Å². The fourth-order valence-corrected chi connectivity index (χ4v) is 1.92. The number of benzene rings is 1. The van der Waals surface area contributed by atoms with Gasteiger partial charge in [0.05, 0.1) is 0 Å². The van der Waals surface area contributed by atoms with Gasteiger partial charge in [0.1, 0.15) is 11.4 Å². The summed E-state index contributed by atoms with van der Waals surface area (Å²) in [5.41, 5.74) is 4.46. The third kappa shape index (κ3) is 3.04. The highest BCUT2D eigenvalue weighted by Gasteiger charge is 2.34. The van der Waals surface area contributed by atoms with Gasteiger partial charge in [-0.2, -0.15) is 0 Å². The zero-order valence-corrected chi connectivity index (χ0v) is 11.5. The maximum atomic E-state index is 13.9. The predicted molar refractivity (Wildman–Crippen MR) is 68.9 cm³/mol. The van der Waals surface area contributed by atoms with Gasteiger partial charge in [-0.1, -0.05) is 28.9 Å². The summed E-state index contributed by atoms with van der Waals surface area (Å²) in [5.74, 6) is -1.04. The Morgan fingerprint density at radius 1 is 1.59 bits per heavy atom. The van der Waals surface area contributed by atoms with Crippen LogP contribution in [0.4, 0.5) is 4.39 Å². The molecule has 1 unspecified atom stereocenters. The molecule has 1 aromatic rings. The number of hydrogen-bond acceptors (Lipinski definition) is 2. The quantitative estimate of drug-likeness (QED) is 0.877. The summed E-state index contributed by atoms with van der Waals surface area (Å²) >= 11 is 3.18. The number of hydrogen-bond donors (Lipinski definition) is 2. The number of primary amides is 1. The topological polar surface area (TPSA) is 55.1 Å². The Kier molecular flexibility index (Phi) is 4.65. The van der Waals surface area contributed by atoms with Crippen LogP contribution in [0.2, 0.25) is 0 Å². The number of nitrogens with one attached hydrogen (secondary N) is 1. The third-order valence-corrected chi connectivity index (χ3v) is 3.18. The van der Waals surface area contributed by atoms with Crippen molar-refractivity contribution in [3.05, 3.63) is 34.1 Å². The van der Waals surface area contributed by atoms with Crippen molar-refractivity contribution in [2.75, 3.05) is 6.54 Å². The molecule has 94 valence electrons. The molecule has 3 nitrogen and oxygen atoms in total. The number of carbonyl (C=O) groups is 1. The molecule has 0 aliphatic rings. The zero-order chi connectivity index (χ0) is 13.1. The van der Waals surface area contributed by atoms with E-state index in [2.05, 4.69) is 21.2 Å². The molecule has 0 saturated carbocycles. The minimum atomic E-state index is -1.18. The Balaban J connectivity index is 3.17. The van der Waals surface area contributed by atoms with Crippen LogP contribution in [-0.4, -0.2) is 12.5 Å². The lowest BCUT2D eigenvalue weighted by Gasteiger charge is -2.28. The van der Waals surface area contributed by atoms with Crippen LogP contribution in [0.3, 0.4) is 0 Å². The first-order valence-corrected chi connectivity index (χ1v) is 6.21. The minimum absolute atomic E-state index is 0.265. The molecule has 1 rings (SSSR count). The van der Waals surface area contributed by atoms with Gasteiger partial charge in [0.25, 0.3) is 0 Å². The maximum Gasteiger partial charge on any atom is 0.242 e. The van der Waals surface area contributed by atoms with Crippen molar-refractivity contribution in [2.24, 2.45) is 5.73 Å². The van der Waals surface area contributed by atoms with Crippen molar-refractivity contribution in [1.82, 2.24) is 5.32 Å². The molecule has 0 fully saturated rings. The second-order valence-corrected chi connectivity index (χ2v) is 4.96. The molecule has 0 aliphatic heterocycles. The first kappa shape index (κ1) is 14.1. The van der Waals surface area contributed by atoms with E-state index in [0.29, 0.717) is 11.0 Å². The van der Waals surface area contributed by atoms with E-state index in [4.69, 9.17) is 5.73 Å². The number of carbonyl (C=O) groups excluding carboxylic acids is 1. The standard InChI is InChI=1S/C12H16BrFN2O/c1-3-6-16-12(2,11(15)17)9-5-4-8(13)7-10(9)14/h4-5,7,16H,3,6H2,1-2H3,(H2,15,17). The molecule has 1 atom stereocenters. The van der Waals surface area contributed by atoms with Crippen LogP contribution >= 0.6 is 15.9 Å². The molecule has 0 radical (unpaired) electrons. The Hall–Kier alpha value is -0.940. The monoisotopic (exact) mass is 302 g/mol. The molecular weight excluding hydrogens is 287 g/mol. The summed E-state index contributed by atoms with van der Waals surface area (Å²) in [6.07, 6.45) is 0.834. The lowest BCUT2D eigenvalue weighted by Crippen LogP contribution is -2.51. The van der Waals surface area contributed by atoms with Gasteiger partial charge in [-0.05, 0) is 32.0 Å². The van der Waals surface area contributed by atoms with Crippen LogP contribution in [0.5, 0.6) is 0 Å². The highest BCUT2D eigenvalue weighted by atomic mass is 79.9. The molecule has 1 amide bonds. The number of nitrogens with two attached hydrogens (primary N) is 1. The van der Waals surface area contributed by atoms with Crippen LogP contribution in [0.25, 0.3) is 0 Å². The molecule has 0 saturated heterocycles. The van der Waals surface area contributed by atoms with Gasteiger partial charge in [-0.3, -0.25) is 10.1 Å². The molecule has 0 aliphatic carbocycles. The van der Waals surface area contributed by atoms with E-state index in [0.717, 1.165) is 6.42 Å². The smallest absolute Gasteiger partial charge is 0.242 e. The third-order valence-electron chi connectivity index (χ3n) is 2.69. The maximum absolute atomic E-state index is 13.9. The highest BCUT2D eigenvalue weighted by Crippen LogP contribution is 2.26. The molecule has 0 aromatic heterocycles. The molecule has 0 heterocycles. The average molecular weight is 303 g/mol. The van der Waals surface area contributed by atoms with Crippen molar-refractivity contribution >= 4 is 21.8 Å². The van der Waals surface area contributed by atoms with Crippen LogP contribution in [0, 0.1) is 5.82 Å². The summed E-state index contributed by atoms with van der Waals surface area (Å²) < 4.78 is 14.5. The van der Waals surface area contributed by atoms with E-state index in [9.17, 15) is 9.18 Å². The fraction of sp³-hybridized carbons (Fsp3) is 0.417. The second kappa shape index (κ2) is 5.60. The van der Waals surface area contributed by atoms with Crippen molar-refractivity contribution in [1.29, 1.82) is 0 Å². The molecule has 1 aromatic carbocycles. The molecule has 0 bridgehead atoms. The van der Waals surface area contributed by atoms with Crippen molar-refractivity contribution in [3.8, 4) is 0 Å². The van der Waals surface area contributed by atoms with E-state index in [1.54, 1.807) is 19.1 Å². The minimum Gasteiger partial charge on any atom is -0.368 e. The van der Waals surface area contributed by atoms with E-state index in [1.165, 1.54) is 6.07 Å². The summed E-state index contributed by atoms with van der Waals surface area (Å²) in [5, 5.41) is 2.99. The van der Waals surface area contributed by atoms with Crippen LogP contribution in [0.15, 0.2) is 22.7 Å². The van der Waals surface area contributed by atoms with E-state index in [-0.39, 0.29) is 5.56 Å². The molecule has 3 N–H and O–H groups in total. The lowest BCUT2D eigenvalue weighted by molar-refractivity contribution is -0.124. The van der Waals surface area contributed by atoms with Crippen LogP contribution < -0.4 is 11.1 Å². The van der Waals surface area contributed by atoms with Crippen molar-refractivity contribution in [2.45, 2.75) is 25.8 Å². The highest BCUT2D eigenvalue weighted by molar-refractivity contribution is 9.10. The number of amides is 1. The zero-order valence-electron chi connectivity index (χ0n) is 9.89. The van der Waals surface area contributed by atoms with E-state index in [1.807, 2.05) is 6.92 Å². The molecule has 17 heavy (non-hydrogen) atoms. The molecule has 5 heteroatoms. The van der Waals surface area contributed by atoms with Crippen LogP contribution in [0.1, 0.15) is 25.8 Å². The van der Waals surface area contributed by atoms with E-state index < -0.39 is 17.3 Å². The summed E-state index contributed by atoms with van der Waals surface area (Å²) in [4.78, 5) is 11.5. The van der Waals surface area contributed by atoms with Crippen molar-refractivity contribution < 1.29 is 9.18 Å². The SMILES string of the molecule is CCCNC(C)(C(N)=O)c1ccc(Br)cc1F. The first-order valence-electron chi connectivity index (χ1n) is 5.42.